The topological polar surface area (TPSA) is 63.2 Å². The number of carbonyl (C=O) groups excluding carboxylic acids is 1. The summed E-state index contributed by atoms with van der Waals surface area (Å²) in [6.07, 6.45) is 2.72. The maximum Gasteiger partial charge on any atom is 0.270 e. The Hall–Kier alpha value is -1.62. The molecule has 0 aliphatic rings. The largest absolute Gasteiger partial charge is 0.384 e. The van der Waals surface area contributed by atoms with Gasteiger partial charge in [0.05, 0.1) is 18.5 Å². The maximum atomic E-state index is 11.8. The maximum absolute atomic E-state index is 11.8. The first-order chi connectivity index (χ1) is 8.67. The van der Waals surface area contributed by atoms with Gasteiger partial charge in [-0.05, 0) is 25.5 Å². The Labute approximate surface area is 108 Å². The lowest BCUT2D eigenvalue weighted by Gasteiger charge is -2.12. The quantitative estimate of drug-likeness (QED) is 0.773. The van der Waals surface area contributed by atoms with E-state index < -0.39 is 0 Å². The molecule has 0 fully saturated rings. The molecule has 100 valence electrons. The second kappa shape index (κ2) is 7.66. The molecule has 1 aromatic heterocycles. The predicted octanol–water partition coefficient (Wildman–Crippen LogP) is 1.67. The first-order valence-corrected chi connectivity index (χ1v) is 6.17. The molecule has 0 spiro atoms. The van der Waals surface area contributed by atoms with Crippen molar-refractivity contribution in [2.24, 2.45) is 0 Å². The minimum Gasteiger partial charge on any atom is -0.384 e. The summed E-state index contributed by atoms with van der Waals surface area (Å²) in [6.45, 7) is 5.37. The van der Waals surface area contributed by atoms with Crippen molar-refractivity contribution in [3.8, 4) is 0 Å². The zero-order valence-corrected chi connectivity index (χ0v) is 11.2. The number of anilines is 1. The number of nitrogens with one attached hydrogen (secondary N) is 2. The molecule has 0 aliphatic carbocycles. The van der Waals surface area contributed by atoms with Gasteiger partial charge in [-0.3, -0.25) is 4.79 Å². The summed E-state index contributed by atoms with van der Waals surface area (Å²) in [4.78, 5) is 15.9. The lowest BCUT2D eigenvalue weighted by molar-refractivity contribution is 0.0900. The molecule has 5 heteroatoms. The zero-order valence-electron chi connectivity index (χ0n) is 11.2. The van der Waals surface area contributed by atoms with Crippen LogP contribution in [0.4, 0.5) is 5.69 Å². The van der Waals surface area contributed by atoms with Gasteiger partial charge >= 0.3 is 0 Å². The summed E-state index contributed by atoms with van der Waals surface area (Å²) in [6, 6.07) is 3.55. The van der Waals surface area contributed by atoms with Gasteiger partial charge in [0.15, 0.2) is 0 Å². The normalized spacial score (nSPS) is 11.9. The molecule has 1 amide bonds. The molecule has 0 saturated heterocycles. The Morgan fingerprint density at radius 3 is 2.83 bits per heavy atom. The van der Waals surface area contributed by atoms with Crippen molar-refractivity contribution in [1.82, 2.24) is 10.3 Å². The number of ether oxygens (including phenoxy) is 1. The average Bonchev–Trinajstić information content (AvgIpc) is 2.37. The highest BCUT2D eigenvalue weighted by Gasteiger charge is 2.10. The Kier molecular flexibility index (Phi) is 6.14. The van der Waals surface area contributed by atoms with Gasteiger partial charge in [-0.2, -0.15) is 0 Å². The van der Waals surface area contributed by atoms with Gasteiger partial charge in [0, 0.05) is 19.7 Å². The number of rotatable bonds is 7. The third kappa shape index (κ3) is 4.71. The Bertz CT molecular complexity index is 365. The summed E-state index contributed by atoms with van der Waals surface area (Å²) < 4.78 is 4.96. The summed E-state index contributed by atoms with van der Waals surface area (Å²) >= 11 is 0. The van der Waals surface area contributed by atoms with Gasteiger partial charge < -0.3 is 15.4 Å². The minimum absolute atomic E-state index is 0.0257. The SMILES string of the molecule is CCCNc1ccc(C(=O)NC(C)COC)nc1. The fraction of sp³-hybridized carbons (Fsp3) is 0.538. The molecule has 2 N–H and O–H groups in total. The van der Waals surface area contributed by atoms with E-state index in [0.29, 0.717) is 12.3 Å². The average molecular weight is 251 g/mol. The number of pyridine rings is 1. The molecule has 18 heavy (non-hydrogen) atoms. The molecule has 1 unspecified atom stereocenters. The predicted molar refractivity (Wildman–Crippen MR) is 71.8 cm³/mol. The van der Waals surface area contributed by atoms with Crippen molar-refractivity contribution in [2.75, 3.05) is 25.6 Å². The molecule has 1 heterocycles. The van der Waals surface area contributed by atoms with Crippen molar-refractivity contribution < 1.29 is 9.53 Å². The van der Waals surface area contributed by atoms with E-state index in [0.717, 1.165) is 18.7 Å². The van der Waals surface area contributed by atoms with Gasteiger partial charge in [0.25, 0.3) is 5.91 Å². The molecule has 5 nitrogen and oxygen atoms in total. The van der Waals surface area contributed by atoms with Crippen molar-refractivity contribution in [3.63, 3.8) is 0 Å². The van der Waals surface area contributed by atoms with Crippen LogP contribution in [0.2, 0.25) is 0 Å². The molecular weight excluding hydrogens is 230 g/mol. The van der Waals surface area contributed by atoms with Crippen LogP contribution >= 0.6 is 0 Å². The standard InChI is InChI=1S/C13H21N3O2/c1-4-7-14-11-5-6-12(15-8-11)13(17)16-10(2)9-18-3/h5-6,8,10,14H,4,7,9H2,1-3H3,(H,16,17). The summed E-state index contributed by atoms with van der Waals surface area (Å²) in [5.74, 6) is -0.179. The second-order valence-corrected chi connectivity index (χ2v) is 4.19. The summed E-state index contributed by atoms with van der Waals surface area (Å²) in [5.41, 5.74) is 1.35. The number of carbonyl (C=O) groups is 1. The second-order valence-electron chi connectivity index (χ2n) is 4.19. The highest BCUT2D eigenvalue weighted by Crippen LogP contribution is 2.06. The molecule has 1 aromatic rings. The van der Waals surface area contributed by atoms with Crippen molar-refractivity contribution >= 4 is 11.6 Å². The van der Waals surface area contributed by atoms with Crippen molar-refractivity contribution in [2.45, 2.75) is 26.3 Å². The van der Waals surface area contributed by atoms with Crippen LogP contribution in [0.15, 0.2) is 18.3 Å². The number of nitrogens with zero attached hydrogens (tertiary/aromatic N) is 1. The van der Waals surface area contributed by atoms with E-state index >= 15 is 0 Å². The van der Waals surface area contributed by atoms with Crippen LogP contribution in [0, 0.1) is 0 Å². The molecule has 0 radical (unpaired) electrons. The monoisotopic (exact) mass is 251 g/mol. The van der Waals surface area contributed by atoms with Crippen molar-refractivity contribution in [1.29, 1.82) is 0 Å². The number of hydrogen-bond donors (Lipinski definition) is 2. The molecule has 0 bridgehead atoms. The lowest BCUT2D eigenvalue weighted by Crippen LogP contribution is -2.36. The van der Waals surface area contributed by atoms with Crippen LogP contribution in [0.3, 0.4) is 0 Å². The van der Waals surface area contributed by atoms with Gasteiger partial charge in [0.1, 0.15) is 5.69 Å². The first kappa shape index (κ1) is 14.4. The van der Waals surface area contributed by atoms with Crippen LogP contribution in [0.1, 0.15) is 30.8 Å². The first-order valence-electron chi connectivity index (χ1n) is 6.17. The molecule has 1 atom stereocenters. The fourth-order valence-corrected chi connectivity index (χ4v) is 1.49. The van der Waals surface area contributed by atoms with E-state index in [-0.39, 0.29) is 11.9 Å². The Morgan fingerprint density at radius 2 is 2.28 bits per heavy atom. The molecule has 0 saturated carbocycles. The van der Waals surface area contributed by atoms with Gasteiger partial charge in [-0.15, -0.1) is 0 Å². The molecule has 1 rings (SSSR count). The van der Waals surface area contributed by atoms with E-state index in [1.54, 1.807) is 19.4 Å². The highest BCUT2D eigenvalue weighted by atomic mass is 16.5. The van der Waals surface area contributed by atoms with E-state index in [4.69, 9.17) is 4.74 Å². The smallest absolute Gasteiger partial charge is 0.270 e. The van der Waals surface area contributed by atoms with Crippen LogP contribution in [0.5, 0.6) is 0 Å². The van der Waals surface area contributed by atoms with E-state index in [9.17, 15) is 4.79 Å². The van der Waals surface area contributed by atoms with E-state index in [2.05, 4.69) is 22.5 Å². The van der Waals surface area contributed by atoms with Crippen LogP contribution in [0.25, 0.3) is 0 Å². The Morgan fingerprint density at radius 1 is 1.50 bits per heavy atom. The molecular formula is C13H21N3O2. The third-order valence-electron chi connectivity index (χ3n) is 2.37. The molecule has 0 aromatic carbocycles. The number of hydrogen-bond acceptors (Lipinski definition) is 4. The third-order valence-corrected chi connectivity index (χ3v) is 2.37. The summed E-state index contributed by atoms with van der Waals surface area (Å²) in [5, 5.41) is 6.02. The number of methoxy groups -OCH3 is 1. The summed E-state index contributed by atoms with van der Waals surface area (Å²) in [7, 11) is 1.61. The van der Waals surface area contributed by atoms with Crippen LogP contribution in [-0.4, -0.2) is 37.2 Å². The highest BCUT2D eigenvalue weighted by molar-refractivity contribution is 5.92. The molecule has 0 aliphatic heterocycles. The van der Waals surface area contributed by atoms with Gasteiger partial charge in [-0.1, -0.05) is 6.92 Å². The lowest BCUT2D eigenvalue weighted by atomic mass is 10.3. The van der Waals surface area contributed by atoms with E-state index in [1.165, 1.54) is 0 Å². The van der Waals surface area contributed by atoms with Crippen LogP contribution in [-0.2, 0) is 4.74 Å². The van der Waals surface area contributed by atoms with Crippen molar-refractivity contribution in [3.05, 3.63) is 24.0 Å². The number of amides is 1. The van der Waals surface area contributed by atoms with Gasteiger partial charge in [0.2, 0.25) is 0 Å². The number of aromatic nitrogens is 1. The van der Waals surface area contributed by atoms with E-state index in [1.807, 2.05) is 13.0 Å². The minimum atomic E-state index is -0.179. The Balaban J connectivity index is 2.53. The van der Waals surface area contributed by atoms with Gasteiger partial charge in [-0.25, -0.2) is 4.98 Å². The fourth-order valence-electron chi connectivity index (χ4n) is 1.49. The zero-order chi connectivity index (χ0) is 13.4. The van der Waals surface area contributed by atoms with Crippen LogP contribution < -0.4 is 10.6 Å².